The largest absolute Gasteiger partial charge is 0.384 e. The lowest BCUT2D eigenvalue weighted by Crippen LogP contribution is -2.57. The molecule has 4 atom stereocenters. The van der Waals surface area contributed by atoms with E-state index in [2.05, 4.69) is 25.5 Å². The molecule has 0 aliphatic carbocycles. The third-order valence-electron chi connectivity index (χ3n) is 5.44. The summed E-state index contributed by atoms with van der Waals surface area (Å²) in [5.74, 6) is 0.493. The van der Waals surface area contributed by atoms with Gasteiger partial charge < -0.3 is 10.4 Å². The van der Waals surface area contributed by atoms with Crippen molar-refractivity contribution in [2.75, 3.05) is 18.4 Å². The van der Waals surface area contributed by atoms with Crippen LogP contribution in [0.25, 0.3) is 0 Å². The molecule has 0 saturated carbocycles. The Morgan fingerprint density at radius 3 is 2.96 bits per heavy atom. The van der Waals surface area contributed by atoms with Gasteiger partial charge in [-0.2, -0.15) is 0 Å². The summed E-state index contributed by atoms with van der Waals surface area (Å²) < 4.78 is 1.81. The van der Waals surface area contributed by atoms with E-state index >= 15 is 0 Å². The lowest BCUT2D eigenvalue weighted by molar-refractivity contribution is -0.127. The standard InChI is InChI=1S/C17H24N6O2S/c1-17(2,25)14-10-23(21-20-14)8-12-7-11-3-5-22(12)9-13(11)15(24)19-16-18-4-6-26-16/h4,6,10-13,25H,3,5,7-9H2,1-2H3,(H,18,19,24)/t11?,12-,13+/m1/s1. The lowest BCUT2D eigenvalue weighted by Gasteiger charge is -2.49. The molecule has 5 heterocycles. The number of carbonyl (C=O) groups is 1. The highest BCUT2D eigenvalue weighted by Gasteiger charge is 2.43. The molecular formula is C17H24N6O2S. The van der Waals surface area contributed by atoms with Crippen LogP contribution < -0.4 is 5.32 Å². The minimum atomic E-state index is -0.983. The highest BCUT2D eigenvalue weighted by Crippen LogP contribution is 2.37. The first-order chi connectivity index (χ1) is 12.4. The third-order valence-corrected chi connectivity index (χ3v) is 6.13. The normalized spacial score (nSPS) is 28.3. The van der Waals surface area contributed by atoms with Gasteiger partial charge in [0.2, 0.25) is 5.91 Å². The molecule has 0 aromatic carbocycles. The Labute approximate surface area is 156 Å². The van der Waals surface area contributed by atoms with Crippen LogP contribution in [0.1, 0.15) is 32.4 Å². The maximum Gasteiger partial charge on any atom is 0.230 e. The second-order valence-corrected chi connectivity index (χ2v) is 8.65. The molecule has 3 fully saturated rings. The van der Waals surface area contributed by atoms with E-state index in [1.807, 2.05) is 16.3 Å². The average Bonchev–Trinajstić information content (AvgIpc) is 3.27. The SMILES string of the molecule is CC(C)(O)c1cn(C[C@H]2CC3CCN2C[C@@H]3C(=O)Nc2nccs2)nn1. The van der Waals surface area contributed by atoms with Crippen LogP contribution >= 0.6 is 11.3 Å². The summed E-state index contributed by atoms with van der Waals surface area (Å²) in [6, 6.07) is 0.356. The topological polar surface area (TPSA) is 96.2 Å². The number of nitrogens with zero attached hydrogens (tertiary/aromatic N) is 5. The summed E-state index contributed by atoms with van der Waals surface area (Å²) in [5, 5.41) is 23.8. The molecule has 0 radical (unpaired) electrons. The minimum absolute atomic E-state index is 0.0200. The fourth-order valence-electron chi connectivity index (χ4n) is 3.99. The van der Waals surface area contributed by atoms with E-state index in [-0.39, 0.29) is 11.8 Å². The number of anilines is 1. The van der Waals surface area contributed by atoms with E-state index in [1.54, 1.807) is 20.0 Å². The van der Waals surface area contributed by atoms with Crippen molar-refractivity contribution in [1.82, 2.24) is 24.9 Å². The molecule has 9 heteroatoms. The molecule has 2 bridgehead atoms. The van der Waals surface area contributed by atoms with Crippen molar-refractivity contribution in [2.24, 2.45) is 11.8 Å². The van der Waals surface area contributed by atoms with E-state index in [0.29, 0.717) is 22.8 Å². The van der Waals surface area contributed by atoms with Crippen LogP contribution in [0, 0.1) is 11.8 Å². The molecule has 2 aromatic heterocycles. The van der Waals surface area contributed by atoms with Crippen LogP contribution in [0.15, 0.2) is 17.8 Å². The molecule has 0 spiro atoms. The molecule has 8 nitrogen and oxygen atoms in total. The molecule has 2 unspecified atom stereocenters. The quantitative estimate of drug-likeness (QED) is 0.817. The number of aromatic nitrogens is 4. The Hall–Kier alpha value is -1.84. The van der Waals surface area contributed by atoms with Gasteiger partial charge in [0.05, 0.1) is 18.7 Å². The van der Waals surface area contributed by atoms with Crippen molar-refractivity contribution in [2.45, 2.75) is 44.9 Å². The van der Waals surface area contributed by atoms with Gasteiger partial charge >= 0.3 is 0 Å². The number of hydrogen-bond acceptors (Lipinski definition) is 7. The van der Waals surface area contributed by atoms with Gasteiger partial charge in [-0.3, -0.25) is 14.4 Å². The maximum atomic E-state index is 12.6. The number of aliphatic hydroxyl groups is 1. The van der Waals surface area contributed by atoms with Gasteiger partial charge in [0.25, 0.3) is 0 Å². The summed E-state index contributed by atoms with van der Waals surface area (Å²) in [6.45, 7) is 5.95. The van der Waals surface area contributed by atoms with E-state index in [9.17, 15) is 9.90 Å². The van der Waals surface area contributed by atoms with Gasteiger partial charge in [-0.05, 0) is 39.2 Å². The number of carbonyl (C=O) groups excluding carboxylic acids is 1. The monoisotopic (exact) mass is 376 g/mol. The van der Waals surface area contributed by atoms with Crippen LogP contribution in [0.4, 0.5) is 5.13 Å². The van der Waals surface area contributed by atoms with Crippen LogP contribution in [-0.2, 0) is 16.9 Å². The molecule has 2 aromatic rings. The fourth-order valence-corrected chi connectivity index (χ4v) is 4.52. The number of piperidine rings is 3. The number of rotatable bonds is 5. The number of hydrogen-bond donors (Lipinski definition) is 2. The lowest BCUT2D eigenvalue weighted by atomic mass is 9.75. The molecule has 2 N–H and O–H groups in total. The Balaban J connectivity index is 1.39. The van der Waals surface area contributed by atoms with Crippen LogP contribution in [-0.4, -0.2) is 55.0 Å². The van der Waals surface area contributed by atoms with Crippen molar-refractivity contribution in [3.63, 3.8) is 0 Å². The van der Waals surface area contributed by atoms with E-state index in [0.717, 1.165) is 32.5 Å². The van der Waals surface area contributed by atoms with Crippen LogP contribution in [0.2, 0.25) is 0 Å². The molecule has 26 heavy (non-hydrogen) atoms. The molecule has 5 rings (SSSR count). The average molecular weight is 376 g/mol. The van der Waals surface area contributed by atoms with Gasteiger partial charge in [-0.1, -0.05) is 5.21 Å². The Kier molecular flexibility index (Phi) is 4.54. The summed E-state index contributed by atoms with van der Waals surface area (Å²) in [7, 11) is 0. The van der Waals surface area contributed by atoms with Crippen molar-refractivity contribution < 1.29 is 9.90 Å². The Bertz CT molecular complexity index is 769. The predicted molar refractivity (Wildman–Crippen MR) is 97.6 cm³/mol. The fraction of sp³-hybridized carbons (Fsp3) is 0.647. The highest BCUT2D eigenvalue weighted by molar-refractivity contribution is 7.13. The summed E-state index contributed by atoms with van der Waals surface area (Å²) in [5.41, 5.74) is -0.405. The number of amides is 1. The smallest absolute Gasteiger partial charge is 0.230 e. The van der Waals surface area contributed by atoms with Gasteiger partial charge in [0.1, 0.15) is 11.3 Å². The molecule has 3 aliphatic heterocycles. The molecule has 1 amide bonds. The molecule has 3 saturated heterocycles. The number of thiazole rings is 1. The van der Waals surface area contributed by atoms with E-state index in [1.165, 1.54) is 11.3 Å². The van der Waals surface area contributed by atoms with Gasteiger partial charge in [0, 0.05) is 24.2 Å². The zero-order chi connectivity index (χ0) is 18.3. The first kappa shape index (κ1) is 17.6. The second kappa shape index (κ2) is 6.71. The highest BCUT2D eigenvalue weighted by atomic mass is 32.1. The Morgan fingerprint density at radius 1 is 1.50 bits per heavy atom. The molecule has 3 aliphatic rings. The van der Waals surface area contributed by atoms with E-state index in [4.69, 9.17) is 0 Å². The van der Waals surface area contributed by atoms with Crippen molar-refractivity contribution in [3.05, 3.63) is 23.5 Å². The van der Waals surface area contributed by atoms with Crippen molar-refractivity contribution >= 4 is 22.4 Å². The van der Waals surface area contributed by atoms with Gasteiger partial charge in [-0.15, -0.1) is 16.4 Å². The third kappa shape index (κ3) is 3.51. The number of nitrogens with one attached hydrogen (secondary N) is 1. The zero-order valence-corrected chi connectivity index (χ0v) is 15.8. The maximum absolute atomic E-state index is 12.6. The van der Waals surface area contributed by atoms with E-state index < -0.39 is 5.60 Å². The minimum Gasteiger partial charge on any atom is -0.384 e. The molecular weight excluding hydrogens is 352 g/mol. The van der Waals surface area contributed by atoms with Crippen LogP contribution in [0.3, 0.4) is 0 Å². The van der Waals surface area contributed by atoms with Gasteiger partial charge in [-0.25, -0.2) is 4.98 Å². The first-order valence-corrected chi connectivity index (χ1v) is 9.85. The first-order valence-electron chi connectivity index (χ1n) is 8.97. The summed E-state index contributed by atoms with van der Waals surface area (Å²) >= 11 is 1.45. The predicted octanol–water partition coefficient (Wildman–Crippen LogP) is 1.31. The second-order valence-electron chi connectivity index (χ2n) is 7.75. The number of fused-ring (bicyclic) bond motifs is 3. The zero-order valence-electron chi connectivity index (χ0n) is 15.0. The summed E-state index contributed by atoms with van der Waals surface area (Å²) in [4.78, 5) is 19.1. The van der Waals surface area contributed by atoms with Crippen molar-refractivity contribution in [3.8, 4) is 0 Å². The van der Waals surface area contributed by atoms with Gasteiger partial charge in [0.15, 0.2) is 5.13 Å². The molecule has 140 valence electrons. The summed E-state index contributed by atoms with van der Waals surface area (Å²) in [6.07, 6.45) is 5.55. The Morgan fingerprint density at radius 2 is 2.35 bits per heavy atom. The van der Waals surface area contributed by atoms with Crippen molar-refractivity contribution in [1.29, 1.82) is 0 Å². The van der Waals surface area contributed by atoms with Crippen LogP contribution in [0.5, 0.6) is 0 Å².